The normalized spacial score (nSPS) is 16.6. The van der Waals surface area contributed by atoms with Gasteiger partial charge in [-0.25, -0.2) is 9.98 Å². The lowest BCUT2D eigenvalue weighted by atomic mass is 10.1. The van der Waals surface area contributed by atoms with Crippen LogP contribution in [0.3, 0.4) is 0 Å². The van der Waals surface area contributed by atoms with Crippen LogP contribution < -0.4 is 4.74 Å². The summed E-state index contributed by atoms with van der Waals surface area (Å²) in [6.07, 6.45) is 5.68. The number of carbonyl (C=O) groups is 1. The molecule has 2 aliphatic rings. The third-order valence-electron chi connectivity index (χ3n) is 5.05. The highest BCUT2D eigenvalue weighted by Crippen LogP contribution is 2.26. The van der Waals surface area contributed by atoms with Gasteiger partial charge in [0.2, 0.25) is 0 Å². The molecule has 0 atom stereocenters. The minimum Gasteiger partial charge on any atom is -0.488 e. The lowest BCUT2D eigenvalue weighted by Crippen LogP contribution is -2.35. The van der Waals surface area contributed by atoms with E-state index in [9.17, 15) is 4.79 Å². The molecule has 0 aliphatic carbocycles. The van der Waals surface area contributed by atoms with Crippen molar-refractivity contribution in [2.75, 3.05) is 26.3 Å². The molecule has 7 heteroatoms. The first-order valence-electron chi connectivity index (χ1n) is 9.37. The van der Waals surface area contributed by atoms with Gasteiger partial charge in [-0.3, -0.25) is 9.69 Å². The third-order valence-corrected chi connectivity index (χ3v) is 5.05. The average molecular weight is 376 g/mol. The Labute approximate surface area is 162 Å². The van der Waals surface area contributed by atoms with Crippen LogP contribution in [0.15, 0.2) is 47.7 Å². The number of carbonyl (C=O) groups excluding carboxylic acids is 1. The van der Waals surface area contributed by atoms with Crippen LogP contribution >= 0.6 is 0 Å². The number of aliphatic imine (C=N–C) groups is 1. The zero-order valence-corrected chi connectivity index (χ0v) is 15.4. The van der Waals surface area contributed by atoms with E-state index in [0.29, 0.717) is 17.9 Å². The van der Waals surface area contributed by atoms with Gasteiger partial charge in [0.15, 0.2) is 0 Å². The molecule has 4 heterocycles. The van der Waals surface area contributed by atoms with Crippen LogP contribution in [0.25, 0.3) is 5.65 Å². The van der Waals surface area contributed by atoms with Crippen molar-refractivity contribution in [3.63, 3.8) is 0 Å². The Hall–Kier alpha value is -3.03. The average Bonchev–Trinajstić information content (AvgIpc) is 3.30. The van der Waals surface area contributed by atoms with Gasteiger partial charge in [0.1, 0.15) is 18.0 Å². The van der Waals surface area contributed by atoms with Gasteiger partial charge in [0.05, 0.1) is 24.5 Å². The fourth-order valence-electron chi connectivity index (χ4n) is 3.58. The number of amides is 1. The van der Waals surface area contributed by atoms with E-state index in [4.69, 9.17) is 14.5 Å². The highest BCUT2D eigenvalue weighted by molar-refractivity contribution is 6.14. The Kier molecular flexibility index (Phi) is 4.38. The molecule has 28 heavy (non-hydrogen) atoms. The van der Waals surface area contributed by atoms with Crippen molar-refractivity contribution >= 4 is 17.8 Å². The molecule has 3 aromatic rings. The number of morpholine rings is 1. The molecule has 142 valence electrons. The Morgan fingerprint density at radius 1 is 1.11 bits per heavy atom. The number of fused-ring (bicyclic) bond motifs is 2. The highest BCUT2D eigenvalue weighted by Gasteiger charge is 2.19. The number of nitrogens with zero attached hydrogens (tertiary/aromatic N) is 4. The van der Waals surface area contributed by atoms with E-state index in [-0.39, 0.29) is 5.91 Å². The number of hydrogen-bond donors (Lipinski definition) is 0. The Bertz CT molecular complexity index is 1070. The summed E-state index contributed by atoms with van der Waals surface area (Å²) in [5.41, 5.74) is 4.35. The fourth-order valence-corrected chi connectivity index (χ4v) is 3.58. The molecule has 0 unspecified atom stereocenters. The minimum absolute atomic E-state index is 0.215. The number of benzene rings is 1. The van der Waals surface area contributed by atoms with Crippen molar-refractivity contribution < 1.29 is 14.3 Å². The summed E-state index contributed by atoms with van der Waals surface area (Å²) >= 11 is 0. The minimum atomic E-state index is -0.215. The van der Waals surface area contributed by atoms with Gasteiger partial charge in [0.25, 0.3) is 5.91 Å². The number of imidazole rings is 1. The summed E-state index contributed by atoms with van der Waals surface area (Å²) in [5.74, 6) is 0.457. The van der Waals surface area contributed by atoms with Gasteiger partial charge >= 0.3 is 0 Å². The van der Waals surface area contributed by atoms with Gasteiger partial charge in [0, 0.05) is 49.4 Å². The standard InChI is InChI=1S/C21H20N4O3/c26-21-17-2-1-3-19(18(17)10-22-21)28-14-15-4-5-20-23-16(13-25(20)11-15)12-24-6-8-27-9-7-24/h1-5,10-11,13H,6-9,12,14H2. The first-order valence-corrected chi connectivity index (χ1v) is 9.37. The second-order valence-electron chi connectivity index (χ2n) is 6.99. The van der Waals surface area contributed by atoms with Crippen LogP contribution in [0.1, 0.15) is 27.2 Å². The van der Waals surface area contributed by atoms with Gasteiger partial charge in [-0.1, -0.05) is 12.1 Å². The molecule has 7 nitrogen and oxygen atoms in total. The summed E-state index contributed by atoms with van der Waals surface area (Å²) in [4.78, 5) is 22.6. The highest BCUT2D eigenvalue weighted by atomic mass is 16.5. The van der Waals surface area contributed by atoms with Crippen LogP contribution in [0, 0.1) is 0 Å². The van der Waals surface area contributed by atoms with Crippen molar-refractivity contribution in [1.82, 2.24) is 14.3 Å². The molecular formula is C21H20N4O3. The number of hydrogen-bond acceptors (Lipinski definition) is 5. The van der Waals surface area contributed by atoms with Gasteiger partial charge in [-0.15, -0.1) is 0 Å². The SMILES string of the molecule is O=C1N=Cc2c(OCc3ccc4nc(CN5CCOCC5)cn4c3)cccc21. The third kappa shape index (κ3) is 3.30. The summed E-state index contributed by atoms with van der Waals surface area (Å²) in [7, 11) is 0. The molecule has 1 amide bonds. The fraction of sp³-hybridized carbons (Fsp3) is 0.286. The Morgan fingerprint density at radius 2 is 2.00 bits per heavy atom. The first-order chi connectivity index (χ1) is 13.8. The number of aromatic nitrogens is 2. The van der Waals surface area contributed by atoms with E-state index in [1.807, 2.05) is 34.9 Å². The van der Waals surface area contributed by atoms with E-state index < -0.39 is 0 Å². The summed E-state index contributed by atoms with van der Waals surface area (Å²) < 4.78 is 13.4. The Morgan fingerprint density at radius 3 is 2.89 bits per heavy atom. The van der Waals surface area contributed by atoms with Crippen molar-refractivity contribution in [3.05, 3.63) is 65.1 Å². The first kappa shape index (κ1) is 17.1. The molecule has 2 aliphatic heterocycles. The second kappa shape index (κ2) is 7.18. The topological polar surface area (TPSA) is 68.4 Å². The summed E-state index contributed by atoms with van der Waals surface area (Å²) in [5, 5.41) is 0. The summed E-state index contributed by atoms with van der Waals surface area (Å²) in [6.45, 7) is 4.70. The van der Waals surface area contributed by atoms with E-state index >= 15 is 0 Å². The van der Waals surface area contributed by atoms with E-state index in [1.165, 1.54) is 0 Å². The van der Waals surface area contributed by atoms with Crippen LogP contribution in [-0.2, 0) is 17.9 Å². The second-order valence-corrected chi connectivity index (χ2v) is 6.99. The smallest absolute Gasteiger partial charge is 0.277 e. The van der Waals surface area contributed by atoms with Crippen molar-refractivity contribution in [3.8, 4) is 5.75 Å². The lowest BCUT2D eigenvalue weighted by molar-refractivity contribution is 0.0337. The van der Waals surface area contributed by atoms with E-state index in [2.05, 4.69) is 16.1 Å². The van der Waals surface area contributed by atoms with Gasteiger partial charge < -0.3 is 13.9 Å². The Balaban J connectivity index is 1.30. The maximum atomic E-state index is 11.7. The molecule has 2 aromatic heterocycles. The van der Waals surface area contributed by atoms with Crippen molar-refractivity contribution in [2.24, 2.45) is 4.99 Å². The maximum Gasteiger partial charge on any atom is 0.277 e. The predicted octanol–water partition coefficient (Wildman–Crippen LogP) is 2.32. The molecule has 1 aromatic carbocycles. The van der Waals surface area contributed by atoms with E-state index in [1.54, 1.807) is 12.3 Å². The largest absolute Gasteiger partial charge is 0.488 e. The molecule has 5 rings (SSSR count). The van der Waals surface area contributed by atoms with Gasteiger partial charge in [-0.05, 0) is 18.2 Å². The van der Waals surface area contributed by atoms with Gasteiger partial charge in [-0.2, -0.15) is 0 Å². The zero-order valence-electron chi connectivity index (χ0n) is 15.4. The molecule has 0 radical (unpaired) electrons. The quantitative estimate of drug-likeness (QED) is 0.684. The van der Waals surface area contributed by atoms with Crippen LogP contribution in [-0.4, -0.2) is 52.7 Å². The van der Waals surface area contributed by atoms with Crippen molar-refractivity contribution in [2.45, 2.75) is 13.2 Å². The van der Waals surface area contributed by atoms with Crippen molar-refractivity contribution in [1.29, 1.82) is 0 Å². The molecule has 1 saturated heterocycles. The molecular weight excluding hydrogens is 356 g/mol. The predicted molar refractivity (Wildman–Crippen MR) is 104 cm³/mol. The molecule has 0 saturated carbocycles. The lowest BCUT2D eigenvalue weighted by Gasteiger charge is -2.25. The number of rotatable bonds is 5. The number of pyridine rings is 1. The zero-order chi connectivity index (χ0) is 18.9. The molecule has 0 bridgehead atoms. The molecule has 1 fully saturated rings. The maximum absolute atomic E-state index is 11.7. The van der Waals surface area contributed by atoms with E-state index in [0.717, 1.165) is 55.3 Å². The van der Waals surface area contributed by atoms with Crippen LogP contribution in [0.5, 0.6) is 5.75 Å². The van der Waals surface area contributed by atoms with Crippen LogP contribution in [0.4, 0.5) is 0 Å². The van der Waals surface area contributed by atoms with Crippen LogP contribution in [0.2, 0.25) is 0 Å². The molecule has 0 spiro atoms. The monoisotopic (exact) mass is 376 g/mol. The number of ether oxygens (including phenoxy) is 2. The summed E-state index contributed by atoms with van der Waals surface area (Å²) in [6, 6.07) is 9.47. The molecule has 0 N–H and O–H groups in total.